The van der Waals surface area contributed by atoms with Crippen LogP contribution in [0.1, 0.15) is 47.0 Å². The van der Waals surface area contributed by atoms with Gasteiger partial charge in [-0.05, 0) is 44.6 Å². The second-order valence-corrected chi connectivity index (χ2v) is 5.83. The van der Waals surface area contributed by atoms with Crippen LogP contribution in [0.3, 0.4) is 0 Å². The molecule has 1 atom stereocenters. The van der Waals surface area contributed by atoms with E-state index in [1.807, 2.05) is 0 Å². The van der Waals surface area contributed by atoms with Gasteiger partial charge in [0.05, 0.1) is 0 Å². The highest BCUT2D eigenvalue weighted by molar-refractivity contribution is 6.25. The van der Waals surface area contributed by atoms with Crippen LogP contribution < -0.4 is 0 Å². The van der Waals surface area contributed by atoms with Crippen molar-refractivity contribution in [1.82, 2.24) is 0 Å². The van der Waals surface area contributed by atoms with Crippen molar-refractivity contribution in [3.63, 3.8) is 0 Å². The summed E-state index contributed by atoms with van der Waals surface area (Å²) in [4.78, 5) is 0. The molecule has 2 heteroatoms. The van der Waals surface area contributed by atoms with E-state index in [0.717, 1.165) is 12.8 Å². The third kappa shape index (κ3) is 3.91. The molecular weight excluding hydrogens is 232 g/mol. The minimum absolute atomic E-state index is 0.121. The first-order valence-corrected chi connectivity index (χ1v) is 6.46. The smallest absolute Gasteiger partial charge is 0.142 e. The molecule has 1 rings (SSSR count). The monoisotopic (exact) mass is 252 g/mol. The lowest BCUT2D eigenvalue weighted by atomic mass is 9.73. The molecule has 94 valence electrons. The molecule has 0 bridgehead atoms. The maximum atomic E-state index is 9.93. The Morgan fingerprint density at radius 2 is 2.12 bits per heavy atom. The number of hydrogen-bond donors (Lipinski definition) is 1. The number of hydrogen-bond acceptors (Lipinski definition) is 1. The number of halogens is 1. The molecule has 0 aromatic carbocycles. The Morgan fingerprint density at radius 3 is 2.65 bits per heavy atom. The molecule has 0 saturated carbocycles. The van der Waals surface area contributed by atoms with Gasteiger partial charge in [-0.15, -0.1) is 0 Å². The second kappa shape index (κ2) is 5.29. The highest BCUT2D eigenvalue weighted by Gasteiger charge is 2.27. The summed E-state index contributed by atoms with van der Waals surface area (Å²) in [6, 6.07) is 0. The Labute approximate surface area is 110 Å². The van der Waals surface area contributed by atoms with Crippen molar-refractivity contribution >= 4 is 11.6 Å². The van der Waals surface area contributed by atoms with Crippen LogP contribution in [0.2, 0.25) is 0 Å². The van der Waals surface area contributed by atoms with Gasteiger partial charge in [0.2, 0.25) is 0 Å². The first-order valence-electron chi connectivity index (χ1n) is 6.02. The summed E-state index contributed by atoms with van der Waals surface area (Å²) in [7, 11) is 0. The first-order chi connectivity index (χ1) is 7.78. The fraction of sp³-hybridized carbons (Fsp3) is 0.600. The van der Waals surface area contributed by atoms with Gasteiger partial charge in [-0.3, -0.25) is 0 Å². The van der Waals surface area contributed by atoms with E-state index in [2.05, 4.69) is 32.6 Å². The molecule has 0 spiro atoms. The molecule has 17 heavy (non-hydrogen) atoms. The molecule has 0 aromatic rings. The third-order valence-electron chi connectivity index (χ3n) is 3.29. The highest BCUT2D eigenvalue weighted by atomic mass is 35.5. The molecule has 1 aliphatic carbocycles. The Hall–Kier alpha value is -0.710. The molecule has 0 heterocycles. The highest BCUT2D eigenvalue weighted by Crippen LogP contribution is 2.39. The molecule has 0 fully saturated rings. The molecule has 0 saturated heterocycles. The van der Waals surface area contributed by atoms with E-state index in [-0.39, 0.29) is 5.41 Å². The quantitative estimate of drug-likeness (QED) is 0.699. The largest absolute Gasteiger partial charge is 0.374 e. The van der Waals surface area contributed by atoms with Crippen molar-refractivity contribution in [2.45, 2.75) is 52.6 Å². The van der Waals surface area contributed by atoms with Gasteiger partial charge in [0.15, 0.2) is 0 Å². The van der Waals surface area contributed by atoms with E-state index in [9.17, 15) is 5.11 Å². The van der Waals surface area contributed by atoms with Crippen molar-refractivity contribution in [1.29, 1.82) is 0 Å². The lowest BCUT2D eigenvalue weighted by Gasteiger charge is -2.31. The fourth-order valence-electron chi connectivity index (χ4n) is 2.25. The van der Waals surface area contributed by atoms with Crippen LogP contribution >= 0.6 is 11.6 Å². The van der Waals surface area contributed by atoms with Crippen molar-refractivity contribution in [3.05, 3.63) is 22.8 Å². The summed E-state index contributed by atoms with van der Waals surface area (Å²) < 4.78 is 0. The van der Waals surface area contributed by atoms with Gasteiger partial charge in [-0.2, -0.15) is 0 Å². The molecule has 0 aliphatic heterocycles. The van der Waals surface area contributed by atoms with Gasteiger partial charge in [0.1, 0.15) is 5.60 Å². The predicted molar refractivity (Wildman–Crippen MR) is 73.7 cm³/mol. The molecule has 1 nitrogen and oxygen atoms in total. The topological polar surface area (TPSA) is 20.2 Å². The molecule has 1 aliphatic rings. The maximum absolute atomic E-state index is 9.93. The first kappa shape index (κ1) is 14.4. The van der Waals surface area contributed by atoms with E-state index in [0.29, 0.717) is 0 Å². The van der Waals surface area contributed by atoms with Crippen LogP contribution in [-0.2, 0) is 0 Å². The lowest BCUT2D eigenvalue weighted by molar-refractivity contribution is 0.174. The summed E-state index contributed by atoms with van der Waals surface area (Å²) in [6.45, 7) is 8.21. The minimum atomic E-state index is -1.15. The van der Waals surface area contributed by atoms with E-state index in [1.54, 1.807) is 6.92 Å². The van der Waals surface area contributed by atoms with Gasteiger partial charge >= 0.3 is 0 Å². The van der Waals surface area contributed by atoms with Crippen LogP contribution in [0.15, 0.2) is 22.8 Å². The zero-order chi connectivity index (χ0) is 13.1. The zero-order valence-electron chi connectivity index (χ0n) is 11.1. The van der Waals surface area contributed by atoms with E-state index in [1.165, 1.54) is 29.2 Å². The van der Waals surface area contributed by atoms with Crippen LogP contribution in [0.25, 0.3) is 0 Å². The van der Waals surface area contributed by atoms with Crippen molar-refractivity contribution in [2.75, 3.05) is 0 Å². The molecule has 0 radical (unpaired) electrons. The minimum Gasteiger partial charge on any atom is -0.374 e. The zero-order valence-corrected chi connectivity index (χ0v) is 11.9. The number of allylic oxidation sites excluding steroid dienone is 2. The van der Waals surface area contributed by atoms with Crippen LogP contribution in [0, 0.1) is 17.3 Å². The third-order valence-corrected chi connectivity index (χ3v) is 3.41. The summed E-state index contributed by atoms with van der Waals surface area (Å²) >= 11 is 5.47. The standard InChI is InChI=1S/C15H21ClO/c1-12-6-5-8-14(2,3)13(12)7-9-15(4,17)10-11-16/h10-11,17H,5-6,8H2,1-4H3. The van der Waals surface area contributed by atoms with Crippen LogP contribution in [-0.4, -0.2) is 10.7 Å². The van der Waals surface area contributed by atoms with Crippen LogP contribution in [0.5, 0.6) is 0 Å². The summed E-state index contributed by atoms with van der Waals surface area (Å²) in [6.07, 6.45) is 4.98. The van der Waals surface area contributed by atoms with Crippen molar-refractivity contribution in [3.8, 4) is 11.8 Å². The molecule has 1 unspecified atom stereocenters. The van der Waals surface area contributed by atoms with Crippen molar-refractivity contribution < 1.29 is 5.11 Å². The van der Waals surface area contributed by atoms with E-state index >= 15 is 0 Å². The van der Waals surface area contributed by atoms with Gasteiger partial charge in [-0.1, -0.05) is 42.9 Å². The van der Waals surface area contributed by atoms with Crippen molar-refractivity contribution in [2.24, 2.45) is 5.41 Å². The second-order valence-electron chi connectivity index (χ2n) is 5.58. The lowest BCUT2D eigenvalue weighted by Crippen LogP contribution is -2.21. The molecular formula is C15H21ClO. The van der Waals surface area contributed by atoms with Gasteiger partial charge in [0.25, 0.3) is 0 Å². The molecule has 1 N–H and O–H groups in total. The van der Waals surface area contributed by atoms with E-state index < -0.39 is 5.60 Å². The average molecular weight is 253 g/mol. The van der Waals surface area contributed by atoms with Gasteiger partial charge in [-0.25, -0.2) is 0 Å². The van der Waals surface area contributed by atoms with Gasteiger partial charge in [0, 0.05) is 11.1 Å². The Bertz CT molecular complexity index is 402. The normalized spacial score (nSPS) is 23.2. The molecule has 0 aromatic heterocycles. The predicted octanol–water partition coefficient (Wildman–Crippen LogP) is 4.02. The van der Waals surface area contributed by atoms with E-state index in [4.69, 9.17) is 11.6 Å². The Balaban J connectivity index is 3.05. The van der Waals surface area contributed by atoms with Gasteiger partial charge < -0.3 is 5.11 Å². The summed E-state index contributed by atoms with van der Waals surface area (Å²) in [5, 5.41) is 9.93. The average Bonchev–Trinajstić information content (AvgIpc) is 2.15. The van der Waals surface area contributed by atoms with Crippen LogP contribution in [0.4, 0.5) is 0 Å². The maximum Gasteiger partial charge on any atom is 0.142 e. The molecule has 0 amide bonds. The Morgan fingerprint density at radius 1 is 1.47 bits per heavy atom. The number of aliphatic hydroxyl groups is 1. The Kier molecular flexibility index (Phi) is 4.47. The summed E-state index contributed by atoms with van der Waals surface area (Å²) in [5.74, 6) is 6.05. The SMILES string of the molecule is CC1=C(C#CC(C)(O)C=CCl)C(C)(C)CCC1. The number of rotatable bonds is 1. The fourth-order valence-corrected chi connectivity index (χ4v) is 2.50. The summed E-state index contributed by atoms with van der Waals surface area (Å²) in [5.41, 5.74) is 2.80.